The summed E-state index contributed by atoms with van der Waals surface area (Å²) in [5.41, 5.74) is 0.389. The molecule has 0 aromatic heterocycles. The van der Waals surface area contributed by atoms with Crippen LogP contribution in [0, 0.1) is 0 Å². The average Bonchev–Trinajstić information content (AvgIpc) is 3.02. The van der Waals surface area contributed by atoms with Gasteiger partial charge in [0, 0.05) is 13.0 Å². The maximum Gasteiger partial charge on any atom is 0.262 e. The Morgan fingerprint density at radius 3 is 2.16 bits per heavy atom. The van der Waals surface area contributed by atoms with Gasteiger partial charge in [0.15, 0.2) is 0 Å². The molecule has 0 radical (unpaired) electrons. The van der Waals surface area contributed by atoms with Gasteiger partial charge in [0.05, 0.1) is 44.2 Å². The lowest BCUT2D eigenvalue weighted by molar-refractivity contribution is -0.136. The summed E-state index contributed by atoms with van der Waals surface area (Å²) in [4.78, 5) is 49.8. The molecule has 3 rings (SSSR count). The zero-order valence-corrected chi connectivity index (χ0v) is 18.1. The van der Waals surface area contributed by atoms with Crippen molar-refractivity contribution in [3.05, 3.63) is 29.3 Å². The molecular formula is C22H28N2O8. The minimum atomic E-state index is -0.988. The third-order valence-corrected chi connectivity index (χ3v) is 5.00. The van der Waals surface area contributed by atoms with Gasteiger partial charge in [-0.15, -0.1) is 0 Å². The number of carbonyl (C=O) groups excluding carboxylic acids is 4. The molecule has 1 fully saturated rings. The second kappa shape index (κ2) is 11.7. The van der Waals surface area contributed by atoms with Crippen LogP contribution in [0.1, 0.15) is 46.9 Å². The van der Waals surface area contributed by atoms with E-state index in [0.29, 0.717) is 38.8 Å². The molecule has 4 amide bonds. The molecule has 32 heavy (non-hydrogen) atoms. The van der Waals surface area contributed by atoms with Crippen molar-refractivity contribution in [3.63, 3.8) is 0 Å². The van der Waals surface area contributed by atoms with Crippen LogP contribution in [-0.4, -0.2) is 80.8 Å². The normalized spacial score (nSPS) is 18.2. The molecule has 1 aromatic rings. The van der Waals surface area contributed by atoms with Gasteiger partial charge in [-0.2, -0.15) is 0 Å². The van der Waals surface area contributed by atoms with E-state index in [1.807, 2.05) is 6.92 Å². The van der Waals surface area contributed by atoms with E-state index < -0.39 is 29.7 Å². The molecule has 0 saturated carbocycles. The van der Waals surface area contributed by atoms with E-state index in [2.05, 4.69) is 5.32 Å². The minimum absolute atomic E-state index is 0.0792. The number of hydrogen-bond acceptors (Lipinski definition) is 8. The van der Waals surface area contributed by atoms with Gasteiger partial charge >= 0.3 is 0 Å². The Kier molecular flexibility index (Phi) is 8.72. The first-order chi connectivity index (χ1) is 15.5. The van der Waals surface area contributed by atoms with Crippen molar-refractivity contribution in [3.8, 4) is 5.75 Å². The first-order valence-corrected chi connectivity index (χ1v) is 10.7. The summed E-state index contributed by atoms with van der Waals surface area (Å²) in [6.45, 7) is 5.35. The van der Waals surface area contributed by atoms with Crippen molar-refractivity contribution in [2.24, 2.45) is 0 Å². The number of benzene rings is 1. The molecule has 1 N–H and O–H groups in total. The number of hydrogen-bond donors (Lipinski definition) is 1. The zero-order valence-electron chi connectivity index (χ0n) is 18.1. The number of rotatable bonds is 13. The first-order valence-electron chi connectivity index (χ1n) is 10.7. The second-order valence-electron chi connectivity index (χ2n) is 7.34. The Morgan fingerprint density at radius 1 is 0.875 bits per heavy atom. The van der Waals surface area contributed by atoms with Crippen LogP contribution in [0.3, 0.4) is 0 Å². The molecule has 10 nitrogen and oxygen atoms in total. The van der Waals surface area contributed by atoms with Gasteiger partial charge < -0.3 is 18.9 Å². The maximum absolute atomic E-state index is 12.8. The van der Waals surface area contributed by atoms with E-state index in [1.54, 1.807) is 6.07 Å². The smallest absolute Gasteiger partial charge is 0.262 e. The van der Waals surface area contributed by atoms with Crippen molar-refractivity contribution < 1.29 is 38.1 Å². The zero-order chi connectivity index (χ0) is 22.9. The van der Waals surface area contributed by atoms with Gasteiger partial charge in [-0.1, -0.05) is 6.92 Å². The highest BCUT2D eigenvalue weighted by Crippen LogP contribution is 2.30. The van der Waals surface area contributed by atoms with Crippen LogP contribution in [0.5, 0.6) is 5.75 Å². The van der Waals surface area contributed by atoms with Crippen LogP contribution >= 0.6 is 0 Å². The predicted molar refractivity (Wildman–Crippen MR) is 111 cm³/mol. The number of carbonyl (C=O) groups is 4. The standard InChI is InChI=1S/C22H28N2O8/c1-2-7-29-8-9-30-10-11-31-12-13-32-15-3-4-16-17(14-15)22(28)24(21(16)27)18-5-6-19(25)23-20(18)26/h3-4,14,18H,2,5-13H2,1H3,(H,23,25,26). The van der Waals surface area contributed by atoms with E-state index in [0.717, 1.165) is 17.9 Å². The fourth-order valence-electron chi connectivity index (χ4n) is 3.44. The number of ether oxygens (including phenoxy) is 4. The van der Waals surface area contributed by atoms with E-state index in [9.17, 15) is 19.2 Å². The summed E-state index contributed by atoms with van der Waals surface area (Å²) < 4.78 is 21.7. The largest absolute Gasteiger partial charge is 0.491 e. The Balaban J connectivity index is 1.42. The first kappa shape index (κ1) is 23.8. The number of amides is 4. The fourth-order valence-corrected chi connectivity index (χ4v) is 3.44. The van der Waals surface area contributed by atoms with Crippen LogP contribution < -0.4 is 10.1 Å². The lowest BCUT2D eigenvalue weighted by Crippen LogP contribution is -2.54. The molecule has 0 spiro atoms. The summed E-state index contributed by atoms with van der Waals surface area (Å²) in [6.07, 6.45) is 1.18. The number of fused-ring (bicyclic) bond motifs is 1. The molecular weight excluding hydrogens is 420 g/mol. The van der Waals surface area contributed by atoms with Crippen molar-refractivity contribution in [1.82, 2.24) is 10.2 Å². The van der Waals surface area contributed by atoms with E-state index >= 15 is 0 Å². The molecule has 2 aliphatic heterocycles. The highest BCUT2D eigenvalue weighted by Gasteiger charge is 2.44. The molecule has 2 heterocycles. The lowest BCUT2D eigenvalue weighted by Gasteiger charge is -2.27. The number of nitrogens with zero attached hydrogens (tertiary/aromatic N) is 1. The highest BCUT2D eigenvalue weighted by atomic mass is 16.6. The average molecular weight is 448 g/mol. The summed E-state index contributed by atoms with van der Waals surface area (Å²) in [5, 5.41) is 2.17. The van der Waals surface area contributed by atoms with Crippen LogP contribution in [0.4, 0.5) is 0 Å². The number of piperidine rings is 1. The third kappa shape index (κ3) is 5.90. The van der Waals surface area contributed by atoms with E-state index in [-0.39, 0.29) is 30.6 Å². The van der Waals surface area contributed by atoms with Crippen molar-refractivity contribution in [2.45, 2.75) is 32.2 Å². The number of imide groups is 2. The lowest BCUT2D eigenvalue weighted by atomic mass is 10.0. The Labute approximate surface area is 186 Å². The minimum Gasteiger partial charge on any atom is -0.491 e. The van der Waals surface area contributed by atoms with E-state index in [4.69, 9.17) is 18.9 Å². The summed E-state index contributed by atoms with van der Waals surface area (Å²) in [5.74, 6) is -1.74. The van der Waals surface area contributed by atoms with Gasteiger partial charge in [0.2, 0.25) is 11.8 Å². The van der Waals surface area contributed by atoms with Gasteiger partial charge in [0.1, 0.15) is 18.4 Å². The summed E-state index contributed by atoms with van der Waals surface area (Å²) in [7, 11) is 0. The van der Waals surface area contributed by atoms with Crippen molar-refractivity contribution in [2.75, 3.05) is 46.2 Å². The molecule has 2 aliphatic rings. The number of nitrogens with one attached hydrogen (secondary N) is 1. The third-order valence-electron chi connectivity index (χ3n) is 5.00. The van der Waals surface area contributed by atoms with Crippen LogP contribution in [0.2, 0.25) is 0 Å². The van der Waals surface area contributed by atoms with Crippen molar-refractivity contribution in [1.29, 1.82) is 0 Å². The molecule has 1 saturated heterocycles. The maximum atomic E-state index is 12.8. The Bertz CT molecular complexity index is 856. The highest BCUT2D eigenvalue weighted by molar-refractivity contribution is 6.23. The molecule has 10 heteroatoms. The molecule has 174 valence electrons. The van der Waals surface area contributed by atoms with Gasteiger partial charge in [-0.05, 0) is 31.0 Å². The monoisotopic (exact) mass is 448 g/mol. The van der Waals surface area contributed by atoms with Crippen LogP contribution in [0.25, 0.3) is 0 Å². The molecule has 1 aromatic carbocycles. The van der Waals surface area contributed by atoms with Crippen LogP contribution in [-0.2, 0) is 23.8 Å². The topological polar surface area (TPSA) is 120 Å². The van der Waals surface area contributed by atoms with E-state index in [1.165, 1.54) is 12.1 Å². The summed E-state index contributed by atoms with van der Waals surface area (Å²) >= 11 is 0. The molecule has 1 atom stereocenters. The predicted octanol–water partition coefficient (Wildman–Crippen LogP) is 0.926. The molecule has 1 unspecified atom stereocenters. The Hall–Kier alpha value is -2.82. The molecule has 0 bridgehead atoms. The van der Waals surface area contributed by atoms with Gasteiger partial charge in [-0.3, -0.25) is 29.4 Å². The second-order valence-corrected chi connectivity index (χ2v) is 7.34. The van der Waals surface area contributed by atoms with Crippen molar-refractivity contribution >= 4 is 23.6 Å². The molecule has 0 aliphatic carbocycles. The fraction of sp³-hybridized carbons (Fsp3) is 0.545. The van der Waals surface area contributed by atoms with Gasteiger partial charge in [0.25, 0.3) is 11.8 Å². The Morgan fingerprint density at radius 2 is 1.50 bits per heavy atom. The SMILES string of the molecule is CCCOCCOCCOCCOc1ccc2c(c1)C(=O)N(C1CCC(=O)NC1=O)C2=O. The van der Waals surface area contributed by atoms with Gasteiger partial charge in [-0.25, -0.2) is 0 Å². The quantitative estimate of drug-likeness (QED) is 0.349. The summed E-state index contributed by atoms with van der Waals surface area (Å²) in [6, 6.07) is 3.60. The van der Waals surface area contributed by atoms with Crippen LogP contribution in [0.15, 0.2) is 18.2 Å².